The van der Waals surface area contributed by atoms with Crippen molar-refractivity contribution in [2.45, 2.75) is 37.3 Å². The fraction of sp³-hybridized carbons (Fsp3) is 0.818. The SMILES string of the molecule is CS(=O)(=O)c1nnc(CCCCCNS(=O)(=O)CCCCl)o1. The van der Waals surface area contributed by atoms with Crippen molar-refractivity contribution in [3.05, 3.63) is 5.89 Å². The Labute approximate surface area is 135 Å². The molecule has 0 saturated carbocycles. The molecule has 11 heteroatoms. The summed E-state index contributed by atoms with van der Waals surface area (Å²) >= 11 is 5.45. The fourth-order valence-corrected chi connectivity index (χ4v) is 3.46. The van der Waals surface area contributed by atoms with Crippen molar-refractivity contribution in [1.82, 2.24) is 14.9 Å². The maximum atomic E-state index is 11.5. The molecule has 22 heavy (non-hydrogen) atoms. The summed E-state index contributed by atoms with van der Waals surface area (Å²) in [6.45, 7) is 0.364. The molecule has 1 N–H and O–H groups in total. The highest BCUT2D eigenvalue weighted by Gasteiger charge is 2.16. The van der Waals surface area contributed by atoms with Crippen LogP contribution in [0.4, 0.5) is 0 Å². The largest absolute Gasteiger partial charge is 0.413 e. The van der Waals surface area contributed by atoms with Crippen molar-refractivity contribution >= 4 is 31.5 Å². The Morgan fingerprint density at radius 1 is 1.09 bits per heavy atom. The third-order valence-electron chi connectivity index (χ3n) is 2.70. The van der Waals surface area contributed by atoms with Crippen LogP contribution in [0.1, 0.15) is 31.6 Å². The molecular formula is C11H20ClN3O5S2. The summed E-state index contributed by atoms with van der Waals surface area (Å²) in [4.78, 5) is 0. The lowest BCUT2D eigenvalue weighted by atomic mass is 10.2. The van der Waals surface area contributed by atoms with Crippen LogP contribution in [0.3, 0.4) is 0 Å². The van der Waals surface area contributed by atoms with Gasteiger partial charge in [0.25, 0.3) is 0 Å². The maximum Gasteiger partial charge on any atom is 0.335 e. The molecule has 0 saturated heterocycles. The maximum absolute atomic E-state index is 11.5. The van der Waals surface area contributed by atoms with E-state index in [0.717, 1.165) is 12.7 Å². The minimum Gasteiger partial charge on any atom is -0.413 e. The molecule has 0 aliphatic rings. The van der Waals surface area contributed by atoms with Crippen LogP contribution in [0.2, 0.25) is 0 Å². The van der Waals surface area contributed by atoms with Crippen LogP contribution in [0.15, 0.2) is 9.64 Å². The standard InChI is InChI=1S/C11H20ClN3O5S2/c1-21(16,17)11-15-14-10(20-11)6-3-2-4-8-13-22(18,19)9-5-7-12/h13H,2-9H2,1H3. The number of hydrogen-bond acceptors (Lipinski definition) is 7. The van der Waals surface area contributed by atoms with E-state index in [1.807, 2.05) is 0 Å². The van der Waals surface area contributed by atoms with Gasteiger partial charge in [0.05, 0.1) is 5.75 Å². The first-order valence-corrected chi connectivity index (χ1v) is 10.9. The van der Waals surface area contributed by atoms with Gasteiger partial charge in [-0.05, 0) is 19.3 Å². The van der Waals surface area contributed by atoms with Gasteiger partial charge in [0.2, 0.25) is 25.8 Å². The van der Waals surface area contributed by atoms with Crippen LogP contribution in [0.5, 0.6) is 0 Å². The third kappa shape index (κ3) is 7.52. The molecule has 0 aliphatic heterocycles. The molecule has 0 radical (unpaired) electrons. The highest BCUT2D eigenvalue weighted by molar-refractivity contribution is 7.90. The van der Waals surface area contributed by atoms with Gasteiger partial charge in [-0.3, -0.25) is 0 Å². The van der Waals surface area contributed by atoms with E-state index in [2.05, 4.69) is 14.9 Å². The zero-order valence-electron chi connectivity index (χ0n) is 12.3. The van der Waals surface area contributed by atoms with Gasteiger partial charge in [0.1, 0.15) is 0 Å². The number of aromatic nitrogens is 2. The van der Waals surface area contributed by atoms with E-state index in [1.165, 1.54) is 0 Å². The molecular weight excluding hydrogens is 354 g/mol. The number of alkyl halides is 1. The highest BCUT2D eigenvalue weighted by atomic mass is 35.5. The second-order valence-corrected chi connectivity index (χ2v) is 9.00. The summed E-state index contributed by atoms with van der Waals surface area (Å²) in [6.07, 6.45) is 4.02. The van der Waals surface area contributed by atoms with E-state index in [0.29, 0.717) is 38.1 Å². The second-order valence-electron chi connectivity index (χ2n) is 4.80. The number of hydrogen-bond donors (Lipinski definition) is 1. The molecule has 1 heterocycles. The number of rotatable bonds is 11. The van der Waals surface area contributed by atoms with Crippen LogP contribution < -0.4 is 4.72 Å². The molecule has 128 valence electrons. The highest BCUT2D eigenvalue weighted by Crippen LogP contribution is 2.09. The van der Waals surface area contributed by atoms with E-state index in [9.17, 15) is 16.8 Å². The summed E-state index contributed by atoms with van der Waals surface area (Å²) in [7, 11) is -6.71. The molecule has 0 bridgehead atoms. The fourth-order valence-electron chi connectivity index (χ4n) is 1.61. The molecule has 0 atom stereocenters. The summed E-state index contributed by atoms with van der Waals surface area (Å²) < 4.78 is 52.8. The van der Waals surface area contributed by atoms with Crippen molar-refractivity contribution in [2.24, 2.45) is 0 Å². The molecule has 0 aliphatic carbocycles. The van der Waals surface area contributed by atoms with Gasteiger partial charge in [-0.25, -0.2) is 21.6 Å². The zero-order valence-corrected chi connectivity index (χ0v) is 14.7. The normalized spacial score (nSPS) is 12.6. The third-order valence-corrected chi connectivity index (χ3v) is 5.24. The Balaban J connectivity index is 2.20. The van der Waals surface area contributed by atoms with Gasteiger partial charge in [-0.1, -0.05) is 11.5 Å². The topological polar surface area (TPSA) is 119 Å². The van der Waals surface area contributed by atoms with Crippen molar-refractivity contribution in [3.63, 3.8) is 0 Å². The first kappa shape index (κ1) is 19.3. The summed E-state index contributed by atoms with van der Waals surface area (Å²) in [5.41, 5.74) is 0. The van der Waals surface area contributed by atoms with Gasteiger partial charge in [0, 0.05) is 25.1 Å². The van der Waals surface area contributed by atoms with E-state index < -0.39 is 19.9 Å². The van der Waals surface area contributed by atoms with E-state index in [-0.39, 0.29) is 16.9 Å². The van der Waals surface area contributed by atoms with E-state index in [1.54, 1.807) is 0 Å². The van der Waals surface area contributed by atoms with Crippen LogP contribution in [0.25, 0.3) is 0 Å². The average Bonchev–Trinajstić information content (AvgIpc) is 2.89. The number of nitrogens with zero attached hydrogens (tertiary/aromatic N) is 2. The van der Waals surface area contributed by atoms with Crippen molar-refractivity contribution < 1.29 is 21.3 Å². The predicted octanol–water partition coefficient (Wildman–Crippen LogP) is 0.734. The predicted molar refractivity (Wildman–Crippen MR) is 82.1 cm³/mol. The molecule has 0 spiro atoms. The molecule has 1 aromatic heterocycles. The lowest BCUT2D eigenvalue weighted by molar-refractivity contribution is 0.392. The Morgan fingerprint density at radius 2 is 1.82 bits per heavy atom. The Morgan fingerprint density at radius 3 is 2.41 bits per heavy atom. The molecule has 1 rings (SSSR count). The molecule has 0 unspecified atom stereocenters. The van der Waals surface area contributed by atoms with Gasteiger partial charge in [0.15, 0.2) is 0 Å². The van der Waals surface area contributed by atoms with Crippen molar-refractivity contribution in [1.29, 1.82) is 0 Å². The monoisotopic (exact) mass is 373 g/mol. The number of sulfonamides is 1. The first-order valence-electron chi connectivity index (χ1n) is 6.80. The van der Waals surface area contributed by atoms with Crippen LogP contribution in [-0.2, 0) is 26.3 Å². The smallest absolute Gasteiger partial charge is 0.335 e. The zero-order chi connectivity index (χ0) is 16.6. The number of sulfone groups is 1. The number of nitrogens with one attached hydrogen (secondary N) is 1. The number of aryl methyl sites for hydroxylation is 1. The van der Waals surface area contributed by atoms with Crippen LogP contribution in [0, 0.1) is 0 Å². The van der Waals surface area contributed by atoms with Gasteiger partial charge < -0.3 is 4.42 Å². The Kier molecular flexibility index (Phi) is 7.74. The molecule has 0 aromatic carbocycles. The summed E-state index contributed by atoms with van der Waals surface area (Å²) in [5, 5.41) is 6.73. The summed E-state index contributed by atoms with van der Waals surface area (Å²) in [5.74, 6) is 0.621. The molecule has 0 fully saturated rings. The lowest BCUT2D eigenvalue weighted by Gasteiger charge is -2.05. The quantitative estimate of drug-likeness (QED) is 0.448. The van der Waals surface area contributed by atoms with Crippen molar-refractivity contribution in [2.75, 3.05) is 24.4 Å². The van der Waals surface area contributed by atoms with Crippen LogP contribution >= 0.6 is 11.6 Å². The molecule has 0 amide bonds. The van der Waals surface area contributed by atoms with Gasteiger partial charge >= 0.3 is 5.22 Å². The minimum atomic E-state index is -3.47. The van der Waals surface area contributed by atoms with Gasteiger partial charge in [-0.15, -0.1) is 16.7 Å². The molecule has 8 nitrogen and oxygen atoms in total. The number of halogens is 1. The van der Waals surface area contributed by atoms with E-state index >= 15 is 0 Å². The Hall–Kier alpha value is -0.710. The lowest BCUT2D eigenvalue weighted by Crippen LogP contribution is -2.27. The van der Waals surface area contributed by atoms with E-state index in [4.69, 9.17) is 16.0 Å². The Bertz CT molecular complexity index is 657. The second kappa shape index (κ2) is 8.80. The van der Waals surface area contributed by atoms with Crippen molar-refractivity contribution in [3.8, 4) is 0 Å². The van der Waals surface area contributed by atoms with Gasteiger partial charge in [-0.2, -0.15) is 0 Å². The summed E-state index contributed by atoms with van der Waals surface area (Å²) in [6, 6.07) is 0. The van der Waals surface area contributed by atoms with Crippen LogP contribution in [-0.4, -0.2) is 51.5 Å². The first-order chi connectivity index (χ1) is 10.2. The average molecular weight is 374 g/mol. The molecule has 1 aromatic rings. The number of unbranched alkanes of at least 4 members (excludes halogenated alkanes) is 2. The minimum absolute atomic E-state index is 0.0345.